The molecule has 0 aliphatic rings. The smallest absolute Gasteiger partial charge is 0.151 e. The minimum atomic E-state index is 0.0441. The van der Waals surface area contributed by atoms with Crippen molar-refractivity contribution in [3.05, 3.63) is 5.56 Å². The third-order valence-corrected chi connectivity index (χ3v) is 3.34. The summed E-state index contributed by atoms with van der Waals surface area (Å²) in [5.41, 5.74) is 25.3. The van der Waals surface area contributed by atoms with E-state index in [4.69, 9.17) is 22.9 Å². The van der Waals surface area contributed by atoms with Gasteiger partial charge in [-0.3, -0.25) is 0 Å². The quantitative estimate of drug-likeness (QED) is 0.657. The molecule has 1 heterocycles. The second-order valence-corrected chi connectivity index (χ2v) is 5.83. The molecule has 5 nitrogen and oxygen atoms in total. The summed E-state index contributed by atoms with van der Waals surface area (Å²) >= 11 is 0. The molecule has 8 N–H and O–H groups in total. The Morgan fingerprint density at radius 2 is 1.56 bits per heavy atom. The van der Waals surface area contributed by atoms with Crippen LogP contribution in [0.5, 0.6) is 0 Å². The minimum absolute atomic E-state index is 0.0441. The van der Waals surface area contributed by atoms with Crippen LogP contribution in [0.3, 0.4) is 0 Å². The Balaban J connectivity index is 3.42. The summed E-state index contributed by atoms with van der Waals surface area (Å²) in [6.45, 7) is 8.63. The van der Waals surface area contributed by atoms with Gasteiger partial charge in [-0.15, -0.1) is 0 Å². The van der Waals surface area contributed by atoms with E-state index in [0.29, 0.717) is 17.2 Å². The molecule has 0 aliphatic heterocycles. The first-order valence-corrected chi connectivity index (χ1v) is 6.29. The van der Waals surface area contributed by atoms with Crippen LogP contribution in [0.15, 0.2) is 0 Å². The van der Waals surface area contributed by atoms with E-state index < -0.39 is 0 Å². The Morgan fingerprint density at radius 3 is 2.00 bits per heavy atom. The standard InChI is InChI=1S/C13H25N5/c1-5-6-7(13(2,3)4)8-9(14)10(15)12(17)18-11(8)16/h7H,5-6,15H2,1-4H3,(H6,14,16,17,18). The lowest BCUT2D eigenvalue weighted by atomic mass is 9.73. The molecule has 102 valence electrons. The molecule has 18 heavy (non-hydrogen) atoms. The maximum atomic E-state index is 6.09. The molecule has 0 spiro atoms. The second-order valence-electron chi connectivity index (χ2n) is 5.83. The van der Waals surface area contributed by atoms with E-state index in [1.54, 1.807) is 0 Å². The van der Waals surface area contributed by atoms with Gasteiger partial charge < -0.3 is 22.9 Å². The highest BCUT2D eigenvalue weighted by atomic mass is 15.0. The van der Waals surface area contributed by atoms with Gasteiger partial charge in [0.05, 0.1) is 11.4 Å². The zero-order valence-corrected chi connectivity index (χ0v) is 11.7. The first kappa shape index (κ1) is 14.4. The van der Waals surface area contributed by atoms with Crippen molar-refractivity contribution in [2.75, 3.05) is 22.9 Å². The van der Waals surface area contributed by atoms with E-state index in [-0.39, 0.29) is 17.2 Å². The lowest BCUT2D eigenvalue weighted by molar-refractivity contribution is 0.304. The van der Waals surface area contributed by atoms with Gasteiger partial charge in [-0.2, -0.15) is 0 Å². The lowest BCUT2D eigenvalue weighted by Crippen LogP contribution is -2.22. The van der Waals surface area contributed by atoms with Crippen LogP contribution in [0.25, 0.3) is 0 Å². The largest absolute Gasteiger partial charge is 0.397 e. The minimum Gasteiger partial charge on any atom is -0.397 e. The fraction of sp³-hybridized carbons (Fsp3) is 0.615. The number of pyridine rings is 1. The predicted octanol–water partition coefficient (Wildman–Crippen LogP) is 2.34. The van der Waals surface area contributed by atoms with Crippen LogP contribution in [-0.4, -0.2) is 4.98 Å². The summed E-state index contributed by atoms with van der Waals surface area (Å²) in [5, 5.41) is 0. The first-order valence-electron chi connectivity index (χ1n) is 6.29. The van der Waals surface area contributed by atoms with Crippen LogP contribution >= 0.6 is 0 Å². The Labute approximate surface area is 109 Å². The highest BCUT2D eigenvalue weighted by molar-refractivity contribution is 5.81. The number of rotatable bonds is 3. The van der Waals surface area contributed by atoms with E-state index in [1.165, 1.54) is 0 Å². The Kier molecular flexibility index (Phi) is 3.94. The van der Waals surface area contributed by atoms with Gasteiger partial charge in [0, 0.05) is 5.56 Å². The number of hydrogen-bond acceptors (Lipinski definition) is 5. The Hall–Kier alpha value is -1.65. The van der Waals surface area contributed by atoms with Gasteiger partial charge in [0.25, 0.3) is 0 Å². The van der Waals surface area contributed by atoms with E-state index >= 15 is 0 Å². The van der Waals surface area contributed by atoms with E-state index in [1.807, 2.05) is 0 Å². The van der Waals surface area contributed by atoms with Gasteiger partial charge in [-0.25, -0.2) is 4.98 Å². The molecular weight excluding hydrogens is 226 g/mol. The highest BCUT2D eigenvalue weighted by Gasteiger charge is 2.30. The molecule has 1 aromatic heterocycles. The molecule has 1 unspecified atom stereocenters. The summed E-state index contributed by atoms with van der Waals surface area (Å²) in [4.78, 5) is 4.10. The van der Waals surface area contributed by atoms with Crippen LogP contribution in [0.1, 0.15) is 52.0 Å². The van der Waals surface area contributed by atoms with Crippen molar-refractivity contribution in [3.8, 4) is 0 Å². The molecule has 0 aliphatic carbocycles. The molecule has 0 radical (unpaired) electrons. The van der Waals surface area contributed by atoms with Crippen LogP contribution in [0.4, 0.5) is 23.0 Å². The Morgan fingerprint density at radius 1 is 1.00 bits per heavy atom. The lowest BCUT2D eigenvalue weighted by Gasteiger charge is -2.32. The molecule has 0 saturated heterocycles. The van der Waals surface area contributed by atoms with Crippen molar-refractivity contribution >= 4 is 23.0 Å². The average Bonchev–Trinajstić information content (AvgIpc) is 2.23. The van der Waals surface area contributed by atoms with Gasteiger partial charge in [-0.05, 0) is 17.8 Å². The topological polar surface area (TPSA) is 117 Å². The molecule has 5 heteroatoms. The number of nitrogen functional groups attached to an aromatic ring is 4. The van der Waals surface area contributed by atoms with Crippen molar-refractivity contribution < 1.29 is 0 Å². The zero-order valence-electron chi connectivity index (χ0n) is 11.7. The fourth-order valence-electron chi connectivity index (χ4n) is 2.34. The number of nitrogens with zero attached hydrogens (tertiary/aromatic N) is 1. The van der Waals surface area contributed by atoms with Crippen LogP contribution in [0.2, 0.25) is 0 Å². The summed E-state index contributed by atoms with van der Waals surface area (Å²) < 4.78 is 0. The summed E-state index contributed by atoms with van der Waals surface area (Å²) in [5.74, 6) is 0.823. The molecule has 1 aromatic rings. The first-order chi connectivity index (χ1) is 8.20. The predicted molar refractivity (Wildman–Crippen MR) is 79.0 cm³/mol. The molecule has 0 bridgehead atoms. The van der Waals surface area contributed by atoms with Gasteiger partial charge in [0.2, 0.25) is 0 Å². The number of anilines is 4. The van der Waals surface area contributed by atoms with Crippen molar-refractivity contribution in [3.63, 3.8) is 0 Å². The highest BCUT2D eigenvalue weighted by Crippen LogP contribution is 2.45. The van der Waals surface area contributed by atoms with E-state index in [2.05, 4.69) is 32.7 Å². The van der Waals surface area contributed by atoms with Gasteiger partial charge in [0.15, 0.2) is 5.82 Å². The SMILES string of the molecule is CCCC(c1c(N)nc(N)c(N)c1N)C(C)(C)C. The molecule has 0 amide bonds. The van der Waals surface area contributed by atoms with Crippen LogP contribution in [-0.2, 0) is 0 Å². The Bertz CT molecular complexity index is 434. The number of nitrogens with two attached hydrogens (primary N) is 4. The monoisotopic (exact) mass is 251 g/mol. The van der Waals surface area contributed by atoms with Crippen LogP contribution in [0, 0.1) is 5.41 Å². The molecule has 0 aromatic carbocycles. The molecule has 0 fully saturated rings. The van der Waals surface area contributed by atoms with Crippen LogP contribution < -0.4 is 22.9 Å². The molecule has 0 saturated carbocycles. The normalized spacial score (nSPS) is 13.6. The van der Waals surface area contributed by atoms with Crippen molar-refractivity contribution in [1.29, 1.82) is 0 Å². The maximum Gasteiger partial charge on any atom is 0.151 e. The number of aromatic nitrogens is 1. The second kappa shape index (κ2) is 4.92. The molecule has 1 rings (SSSR count). The summed E-state index contributed by atoms with van der Waals surface area (Å²) in [7, 11) is 0. The van der Waals surface area contributed by atoms with Gasteiger partial charge in [-0.1, -0.05) is 34.1 Å². The summed E-state index contributed by atoms with van der Waals surface area (Å²) in [6.07, 6.45) is 2.04. The molecule has 1 atom stereocenters. The number of hydrogen-bond donors (Lipinski definition) is 4. The van der Waals surface area contributed by atoms with Gasteiger partial charge >= 0.3 is 0 Å². The zero-order chi connectivity index (χ0) is 14.1. The summed E-state index contributed by atoms with van der Waals surface area (Å²) in [6, 6.07) is 0. The average molecular weight is 251 g/mol. The fourth-order valence-corrected chi connectivity index (χ4v) is 2.34. The third kappa shape index (κ3) is 2.60. The van der Waals surface area contributed by atoms with Crippen molar-refractivity contribution in [2.24, 2.45) is 5.41 Å². The molecular formula is C13H25N5. The van der Waals surface area contributed by atoms with Gasteiger partial charge in [0.1, 0.15) is 5.82 Å². The van der Waals surface area contributed by atoms with Crippen molar-refractivity contribution in [2.45, 2.75) is 46.5 Å². The van der Waals surface area contributed by atoms with E-state index in [9.17, 15) is 0 Å². The van der Waals surface area contributed by atoms with Crippen molar-refractivity contribution in [1.82, 2.24) is 4.98 Å². The maximum absolute atomic E-state index is 6.09. The third-order valence-electron chi connectivity index (χ3n) is 3.34. The van der Waals surface area contributed by atoms with E-state index in [0.717, 1.165) is 18.4 Å².